The number of nitrogens with zero attached hydrogens (tertiary/aromatic N) is 1. The highest BCUT2D eigenvalue weighted by atomic mass is 79.9. The molecule has 0 N–H and O–H groups in total. The SMILES string of the molecule is CC1(C)C2C(=O)N(c3ccc(F)cc3Br)C(=O)C21. The van der Waals surface area contributed by atoms with Crippen LogP contribution in [0.4, 0.5) is 10.1 Å². The van der Waals surface area contributed by atoms with Crippen molar-refractivity contribution >= 4 is 33.4 Å². The van der Waals surface area contributed by atoms with Crippen molar-refractivity contribution in [1.29, 1.82) is 0 Å². The van der Waals surface area contributed by atoms with E-state index in [0.717, 1.165) is 0 Å². The lowest BCUT2D eigenvalue weighted by Gasteiger charge is -2.21. The van der Waals surface area contributed by atoms with Crippen molar-refractivity contribution in [3.05, 3.63) is 28.5 Å². The highest BCUT2D eigenvalue weighted by molar-refractivity contribution is 9.10. The van der Waals surface area contributed by atoms with E-state index in [-0.39, 0.29) is 29.1 Å². The number of imide groups is 1. The van der Waals surface area contributed by atoms with E-state index in [2.05, 4.69) is 15.9 Å². The lowest BCUT2D eigenvalue weighted by Crippen LogP contribution is -2.36. The van der Waals surface area contributed by atoms with Crippen LogP contribution in [0.3, 0.4) is 0 Å². The van der Waals surface area contributed by atoms with Gasteiger partial charge in [0.25, 0.3) is 0 Å². The van der Waals surface area contributed by atoms with Gasteiger partial charge in [0.1, 0.15) is 5.82 Å². The standard InChI is InChI=1S/C13H11BrFNO2/c1-13(2)9-10(13)12(18)16(11(9)17)8-4-3-6(15)5-7(8)14/h3-5,9-10H,1-2H3. The molecule has 94 valence electrons. The number of amides is 2. The van der Waals surface area contributed by atoms with Crippen LogP contribution in [0.2, 0.25) is 0 Å². The predicted octanol–water partition coefficient (Wildman–Crippen LogP) is 2.73. The summed E-state index contributed by atoms with van der Waals surface area (Å²) in [6.45, 7) is 3.85. The number of hydrogen-bond donors (Lipinski definition) is 0. The van der Waals surface area contributed by atoms with Crippen LogP contribution in [-0.2, 0) is 9.59 Å². The molecule has 1 saturated carbocycles. The average molecular weight is 312 g/mol. The molecule has 2 atom stereocenters. The van der Waals surface area contributed by atoms with Gasteiger partial charge in [-0.2, -0.15) is 0 Å². The highest BCUT2D eigenvalue weighted by Crippen LogP contribution is 2.63. The van der Waals surface area contributed by atoms with Crippen molar-refractivity contribution in [3.8, 4) is 0 Å². The average Bonchev–Trinajstić information content (AvgIpc) is 2.72. The number of fused-ring (bicyclic) bond motifs is 1. The molecular formula is C13H11BrFNO2. The van der Waals surface area contributed by atoms with Gasteiger partial charge in [-0.15, -0.1) is 0 Å². The Hall–Kier alpha value is -1.23. The molecule has 2 aliphatic rings. The first-order valence-electron chi connectivity index (χ1n) is 5.68. The third kappa shape index (κ3) is 1.34. The molecule has 2 fully saturated rings. The molecule has 5 heteroatoms. The van der Waals surface area contributed by atoms with Crippen LogP contribution < -0.4 is 4.90 Å². The normalized spacial score (nSPS) is 28.6. The second-order valence-corrected chi connectivity index (χ2v) is 6.24. The molecule has 1 aromatic rings. The number of anilines is 1. The second kappa shape index (κ2) is 3.41. The topological polar surface area (TPSA) is 37.4 Å². The fourth-order valence-electron chi connectivity index (χ4n) is 2.85. The van der Waals surface area contributed by atoms with Crippen LogP contribution in [-0.4, -0.2) is 11.8 Å². The Kier molecular flexibility index (Phi) is 2.24. The summed E-state index contributed by atoms with van der Waals surface area (Å²) in [6, 6.07) is 3.95. The van der Waals surface area contributed by atoms with Crippen molar-refractivity contribution in [2.24, 2.45) is 17.3 Å². The lowest BCUT2D eigenvalue weighted by molar-refractivity contribution is -0.125. The van der Waals surface area contributed by atoms with E-state index in [0.29, 0.717) is 10.2 Å². The fraction of sp³-hybridized carbons (Fsp3) is 0.385. The summed E-state index contributed by atoms with van der Waals surface area (Å²) in [7, 11) is 0. The smallest absolute Gasteiger partial charge is 0.238 e. The molecule has 3 rings (SSSR count). The number of carbonyl (C=O) groups is 2. The van der Waals surface area contributed by atoms with Crippen molar-refractivity contribution in [2.75, 3.05) is 4.90 Å². The molecular weight excluding hydrogens is 301 g/mol. The molecule has 0 spiro atoms. The Bertz CT molecular complexity index is 560. The van der Waals surface area contributed by atoms with Gasteiger partial charge in [-0.05, 0) is 39.5 Å². The van der Waals surface area contributed by atoms with Crippen molar-refractivity contribution in [3.63, 3.8) is 0 Å². The summed E-state index contributed by atoms with van der Waals surface area (Å²) in [5.41, 5.74) is 0.200. The Morgan fingerprint density at radius 1 is 1.22 bits per heavy atom. The van der Waals surface area contributed by atoms with E-state index in [4.69, 9.17) is 0 Å². The zero-order valence-corrected chi connectivity index (χ0v) is 11.5. The summed E-state index contributed by atoms with van der Waals surface area (Å²) in [5, 5.41) is 0. The van der Waals surface area contributed by atoms with Gasteiger partial charge in [0.05, 0.1) is 17.5 Å². The Balaban J connectivity index is 2.01. The molecule has 3 nitrogen and oxygen atoms in total. The number of carbonyl (C=O) groups excluding carboxylic acids is 2. The molecule has 1 saturated heterocycles. The molecule has 0 bridgehead atoms. The van der Waals surface area contributed by atoms with E-state index in [1.54, 1.807) is 0 Å². The van der Waals surface area contributed by atoms with Crippen LogP contribution in [0, 0.1) is 23.1 Å². The van der Waals surface area contributed by atoms with E-state index >= 15 is 0 Å². The second-order valence-electron chi connectivity index (χ2n) is 5.38. The molecule has 1 heterocycles. The predicted molar refractivity (Wildman–Crippen MR) is 67.4 cm³/mol. The van der Waals surface area contributed by atoms with Crippen LogP contribution in [0.5, 0.6) is 0 Å². The van der Waals surface area contributed by atoms with Crippen molar-refractivity contribution in [1.82, 2.24) is 0 Å². The molecule has 0 aromatic heterocycles. The number of benzene rings is 1. The Labute approximate surface area is 112 Å². The van der Waals surface area contributed by atoms with Crippen molar-refractivity contribution < 1.29 is 14.0 Å². The zero-order valence-electron chi connectivity index (χ0n) is 9.91. The van der Waals surface area contributed by atoms with Crippen LogP contribution >= 0.6 is 15.9 Å². The Morgan fingerprint density at radius 2 is 1.78 bits per heavy atom. The molecule has 1 aliphatic carbocycles. The van der Waals surface area contributed by atoms with Gasteiger partial charge in [0.2, 0.25) is 11.8 Å². The summed E-state index contributed by atoms with van der Waals surface area (Å²) in [4.78, 5) is 25.6. The molecule has 1 aliphatic heterocycles. The maximum absolute atomic E-state index is 13.0. The fourth-order valence-corrected chi connectivity index (χ4v) is 3.37. The van der Waals surface area contributed by atoms with Gasteiger partial charge in [-0.3, -0.25) is 9.59 Å². The quantitative estimate of drug-likeness (QED) is 0.748. The minimum absolute atomic E-state index is 0.178. The minimum Gasteiger partial charge on any atom is -0.274 e. The summed E-state index contributed by atoms with van der Waals surface area (Å²) < 4.78 is 13.4. The van der Waals surface area contributed by atoms with Gasteiger partial charge >= 0.3 is 0 Å². The third-order valence-electron chi connectivity index (χ3n) is 3.95. The summed E-state index contributed by atoms with van der Waals surface area (Å²) in [6.07, 6.45) is 0. The highest BCUT2D eigenvalue weighted by Gasteiger charge is 2.72. The molecule has 18 heavy (non-hydrogen) atoms. The molecule has 2 amide bonds. The van der Waals surface area contributed by atoms with Gasteiger partial charge < -0.3 is 0 Å². The maximum Gasteiger partial charge on any atom is 0.238 e. The largest absolute Gasteiger partial charge is 0.274 e. The molecule has 0 radical (unpaired) electrons. The third-order valence-corrected chi connectivity index (χ3v) is 4.59. The van der Waals surface area contributed by atoms with Gasteiger partial charge in [0, 0.05) is 4.47 Å². The van der Waals surface area contributed by atoms with Crippen molar-refractivity contribution in [2.45, 2.75) is 13.8 Å². The zero-order chi connectivity index (χ0) is 13.2. The van der Waals surface area contributed by atoms with Crippen LogP contribution in [0.15, 0.2) is 22.7 Å². The maximum atomic E-state index is 13.0. The van der Waals surface area contributed by atoms with Gasteiger partial charge in [-0.1, -0.05) is 13.8 Å². The van der Waals surface area contributed by atoms with Gasteiger partial charge in [-0.25, -0.2) is 9.29 Å². The molecule has 2 unspecified atom stereocenters. The first-order valence-corrected chi connectivity index (χ1v) is 6.48. The van der Waals surface area contributed by atoms with Crippen LogP contribution in [0.25, 0.3) is 0 Å². The van der Waals surface area contributed by atoms with Crippen LogP contribution in [0.1, 0.15) is 13.8 Å². The number of hydrogen-bond acceptors (Lipinski definition) is 2. The minimum atomic E-state index is -0.407. The molecule has 1 aromatic carbocycles. The van der Waals surface area contributed by atoms with E-state index in [1.165, 1.54) is 23.1 Å². The monoisotopic (exact) mass is 311 g/mol. The number of halogens is 2. The van der Waals surface area contributed by atoms with E-state index in [1.807, 2.05) is 13.8 Å². The van der Waals surface area contributed by atoms with Gasteiger partial charge in [0.15, 0.2) is 0 Å². The summed E-state index contributed by atoms with van der Waals surface area (Å²) >= 11 is 3.19. The van der Waals surface area contributed by atoms with E-state index in [9.17, 15) is 14.0 Å². The number of rotatable bonds is 1. The lowest BCUT2D eigenvalue weighted by atomic mass is 10.1. The summed E-state index contributed by atoms with van der Waals surface area (Å²) in [5.74, 6) is -1.20. The van der Waals surface area contributed by atoms with E-state index < -0.39 is 5.82 Å². The number of piperidine rings is 1. The first kappa shape index (κ1) is 11.8. The Morgan fingerprint density at radius 3 is 2.28 bits per heavy atom. The first-order chi connectivity index (χ1) is 8.35.